The molecule has 0 radical (unpaired) electrons. The normalized spacial score (nSPS) is 28.4. The number of hydrogen-bond acceptors (Lipinski definition) is 5. The maximum absolute atomic E-state index is 11.1. The van der Waals surface area contributed by atoms with Gasteiger partial charge in [0.25, 0.3) is 10.0 Å². The minimum atomic E-state index is -3.68. The summed E-state index contributed by atoms with van der Waals surface area (Å²) in [6.45, 7) is 2.48. The molecule has 1 aliphatic carbocycles. The monoisotopic (exact) mass is 260 g/mol. The molecule has 0 bridgehead atoms. The Morgan fingerprint density at radius 1 is 1.62 bits per heavy atom. The number of primary sulfonamides is 1. The van der Waals surface area contributed by atoms with Crippen LogP contribution in [0, 0.1) is 0 Å². The summed E-state index contributed by atoms with van der Waals surface area (Å²) in [5.41, 5.74) is 0. The number of aliphatic imine (C=N–C) groups is 1. The molecule has 16 heavy (non-hydrogen) atoms. The molecule has 0 saturated carbocycles. The van der Waals surface area contributed by atoms with E-state index in [0.717, 1.165) is 17.5 Å². The molecule has 2 rings (SSSR count). The maximum atomic E-state index is 11.1. The summed E-state index contributed by atoms with van der Waals surface area (Å²) in [6.07, 6.45) is 5.52. The van der Waals surface area contributed by atoms with Gasteiger partial charge in [0, 0.05) is 0 Å². The van der Waals surface area contributed by atoms with E-state index in [-0.39, 0.29) is 15.7 Å². The molecule has 2 unspecified atom stereocenters. The molecule has 1 heterocycles. The molecule has 1 aliphatic heterocycles. The molecule has 7 heteroatoms. The van der Waals surface area contributed by atoms with Crippen LogP contribution in [0.4, 0.5) is 0 Å². The zero-order valence-corrected chi connectivity index (χ0v) is 10.3. The number of thioether (sulfide) groups is 1. The van der Waals surface area contributed by atoms with Crippen molar-refractivity contribution in [2.75, 3.05) is 6.61 Å². The van der Waals surface area contributed by atoms with E-state index >= 15 is 0 Å². The van der Waals surface area contributed by atoms with Gasteiger partial charge in [0.05, 0.1) is 17.9 Å². The van der Waals surface area contributed by atoms with Crippen molar-refractivity contribution in [1.82, 2.24) is 0 Å². The van der Waals surface area contributed by atoms with E-state index < -0.39 is 10.0 Å². The lowest BCUT2D eigenvalue weighted by Gasteiger charge is -2.16. The number of ether oxygens (including phenoxy) is 1. The van der Waals surface area contributed by atoms with Gasteiger partial charge in [0.1, 0.15) is 5.76 Å². The van der Waals surface area contributed by atoms with Crippen LogP contribution in [0.3, 0.4) is 0 Å². The summed E-state index contributed by atoms with van der Waals surface area (Å²) in [5, 5.41) is 5.01. The topological polar surface area (TPSA) is 81.8 Å². The summed E-state index contributed by atoms with van der Waals surface area (Å²) in [7, 11) is -3.68. The van der Waals surface area contributed by atoms with Gasteiger partial charge in [-0.2, -0.15) is 0 Å². The van der Waals surface area contributed by atoms with E-state index in [0.29, 0.717) is 6.61 Å². The minimum absolute atomic E-state index is 0.00106. The molecule has 0 spiro atoms. The van der Waals surface area contributed by atoms with Gasteiger partial charge < -0.3 is 4.74 Å². The molecule has 0 aromatic heterocycles. The molecule has 2 N–H and O–H groups in total. The second kappa shape index (κ2) is 4.23. The molecule has 0 aromatic rings. The Kier molecular flexibility index (Phi) is 3.09. The first kappa shape index (κ1) is 11.7. The zero-order chi connectivity index (χ0) is 11.8. The Bertz CT molecular complexity index is 479. The van der Waals surface area contributed by atoms with Crippen molar-refractivity contribution in [3.8, 4) is 0 Å². The lowest BCUT2D eigenvalue weighted by molar-refractivity contribution is 0.240. The fourth-order valence-electron chi connectivity index (χ4n) is 1.51. The van der Waals surface area contributed by atoms with Gasteiger partial charge in [-0.25, -0.2) is 13.6 Å². The van der Waals surface area contributed by atoms with Crippen LogP contribution < -0.4 is 5.14 Å². The van der Waals surface area contributed by atoms with E-state index in [9.17, 15) is 8.42 Å². The second-order valence-electron chi connectivity index (χ2n) is 3.37. The van der Waals surface area contributed by atoms with Crippen molar-refractivity contribution in [1.29, 1.82) is 0 Å². The minimum Gasteiger partial charge on any atom is -0.494 e. The van der Waals surface area contributed by atoms with Gasteiger partial charge >= 0.3 is 0 Å². The molecule has 2 aliphatic rings. The van der Waals surface area contributed by atoms with Crippen LogP contribution in [0.15, 0.2) is 29.0 Å². The largest absolute Gasteiger partial charge is 0.494 e. The Hall–Kier alpha value is -0.790. The number of allylic oxidation sites excluding steroid dienone is 1. The van der Waals surface area contributed by atoms with Gasteiger partial charge in [-0.3, -0.25) is 4.99 Å². The second-order valence-corrected chi connectivity index (χ2v) is 6.28. The molecule has 0 saturated heterocycles. The van der Waals surface area contributed by atoms with Gasteiger partial charge in [-0.1, -0.05) is 17.8 Å². The smallest absolute Gasteiger partial charge is 0.261 e. The fourth-order valence-corrected chi connectivity index (χ4v) is 3.56. The lowest BCUT2D eigenvalue weighted by Crippen LogP contribution is -2.19. The van der Waals surface area contributed by atoms with Crippen LogP contribution in [0.1, 0.15) is 6.92 Å². The van der Waals surface area contributed by atoms with E-state index in [4.69, 9.17) is 9.88 Å². The third-order valence-electron chi connectivity index (χ3n) is 2.17. The Morgan fingerprint density at radius 3 is 3.00 bits per heavy atom. The standard InChI is InChI=1S/C9H12N2O3S2/c1-2-14-6-3-4-7-8(5-6)15-9(11-7)16(10,12)13/h3-5,7-8H,2H2,1H3,(H2,10,12,13). The number of rotatable bonds is 2. The quantitative estimate of drug-likeness (QED) is 0.788. The predicted molar refractivity (Wildman–Crippen MR) is 64.6 cm³/mol. The highest BCUT2D eigenvalue weighted by atomic mass is 32.3. The van der Waals surface area contributed by atoms with E-state index in [1.807, 2.05) is 19.1 Å². The third-order valence-corrected chi connectivity index (χ3v) is 4.74. The van der Waals surface area contributed by atoms with Gasteiger partial charge in [0.2, 0.25) is 4.38 Å². The van der Waals surface area contributed by atoms with Crippen molar-refractivity contribution in [3.05, 3.63) is 24.0 Å². The molecule has 5 nitrogen and oxygen atoms in total. The van der Waals surface area contributed by atoms with Crippen LogP contribution in [0.25, 0.3) is 0 Å². The predicted octanol–water partition coefficient (Wildman–Crippen LogP) is 0.605. The van der Waals surface area contributed by atoms with Crippen LogP contribution in [-0.2, 0) is 14.8 Å². The van der Waals surface area contributed by atoms with E-state index in [1.54, 1.807) is 6.08 Å². The highest BCUT2D eigenvalue weighted by molar-refractivity contribution is 8.35. The molecule has 0 aromatic carbocycles. The third kappa shape index (κ3) is 2.31. The van der Waals surface area contributed by atoms with Crippen LogP contribution in [0.2, 0.25) is 0 Å². The summed E-state index contributed by atoms with van der Waals surface area (Å²) < 4.78 is 27.6. The number of fused-ring (bicyclic) bond motifs is 1. The van der Waals surface area contributed by atoms with Crippen molar-refractivity contribution in [3.63, 3.8) is 0 Å². The zero-order valence-electron chi connectivity index (χ0n) is 8.66. The Balaban J connectivity index is 2.17. The van der Waals surface area contributed by atoms with Gasteiger partial charge in [-0.15, -0.1) is 0 Å². The maximum Gasteiger partial charge on any atom is 0.261 e. The van der Waals surface area contributed by atoms with Crippen LogP contribution in [-0.4, -0.2) is 30.7 Å². The first-order valence-corrected chi connectivity index (χ1v) is 7.23. The van der Waals surface area contributed by atoms with Crippen molar-refractivity contribution >= 4 is 26.2 Å². The lowest BCUT2D eigenvalue weighted by atomic mass is 10.1. The average molecular weight is 260 g/mol. The molecular formula is C9H12N2O3S2. The summed E-state index contributed by atoms with van der Waals surface area (Å²) >= 11 is 1.16. The van der Waals surface area contributed by atoms with Crippen LogP contribution in [0.5, 0.6) is 0 Å². The SMILES string of the molecule is CCOC1=CC2SC(S(N)(=O)=O)=NC2C=C1. The number of hydrogen-bond donors (Lipinski definition) is 1. The summed E-state index contributed by atoms with van der Waals surface area (Å²) in [6, 6.07) is -0.150. The van der Waals surface area contributed by atoms with Crippen molar-refractivity contribution < 1.29 is 13.2 Å². The Labute approximate surface area is 98.5 Å². The van der Waals surface area contributed by atoms with Crippen LogP contribution >= 0.6 is 11.8 Å². The molecule has 0 amide bonds. The van der Waals surface area contributed by atoms with E-state index in [1.165, 1.54) is 0 Å². The van der Waals surface area contributed by atoms with Crippen molar-refractivity contribution in [2.24, 2.45) is 10.1 Å². The number of sulfonamides is 1. The number of nitrogens with two attached hydrogens (primary N) is 1. The fraction of sp³-hybridized carbons (Fsp3) is 0.444. The van der Waals surface area contributed by atoms with Crippen molar-refractivity contribution in [2.45, 2.75) is 18.2 Å². The molecule has 0 fully saturated rings. The Morgan fingerprint density at radius 2 is 2.38 bits per heavy atom. The highest BCUT2D eigenvalue weighted by Gasteiger charge is 2.34. The summed E-state index contributed by atoms with van der Waals surface area (Å²) in [4.78, 5) is 4.06. The first-order chi connectivity index (χ1) is 7.50. The average Bonchev–Trinajstić information content (AvgIpc) is 2.60. The number of nitrogens with zero attached hydrogens (tertiary/aromatic N) is 1. The van der Waals surface area contributed by atoms with Gasteiger partial charge in [-0.05, 0) is 19.1 Å². The first-order valence-electron chi connectivity index (χ1n) is 4.81. The van der Waals surface area contributed by atoms with Gasteiger partial charge in [0.15, 0.2) is 0 Å². The molecule has 2 atom stereocenters. The van der Waals surface area contributed by atoms with E-state index in [2.05, 4.69) is 4.99 Å². The summed E-state index contributed by atoms with van der Waals surface area (Å²) in [5.74, 6) is 0.752. The molecule has 88 valence electrons. The molecular weight excluding hydrogens is 248 g/mol. The highest BCUT2D eigenvalue weighted by Crippen LogP contribution is 2.34.